The van der Waals surface area contributed by atoms with Crippen LogP contribution in [0.3, 0.4) is 0 Å². The van der Waals surface area contributed by atoms with Crippen LogP contribution in [-0.4, -0.2) is 39.8 Å². The second-order valence-electron chi connectivity index (χ2n) is 4.86. The average Bonchev–Trinajstić information content (AvgIpc) is 2.46. The first kappa shape index (κ1) is 15.7. The van der Waals surface area contributed by atoms with Gasteiger partial charge >= 0.3 is 0 Å². The molecule has 2 rings (SSSR count). The van der Waals surface area contributed by atoms with Crippen molar-refractivity contribution in [1.82, 2.24) is 0 Å². The number of allylic oxidation sites excluding steroid dienone is 2. The molecule has 22 heavy (non-hydrogen) atoms. The van der Waals surface area contributed by atoms with Gasteiger partial charge in [-0.05, 0) is 13.0 Å². The minimum Gasteiger partial charge on any atom is -0.507 e. The van der Waals surface area contributed by atoms with Crippen LogP contribution in [0.4, 0.5) is 0 Å². The lowest BCUT2D eigenvalue weighted by molar-refractivity contribution is -0.116. The van der Waals surface area contributed by atoms with E-state index in [-0.39, 0.29) is 29.1 Å². The van der Waals surface area contributed by atoms with Crippen LogP contribution in [0.5, 0.6) is 11.5 Å². The van der Waals surface area contributed by atoms with Gasteiger partial charge in [0.05, 0.1) is 30.4 Å². The molecule has 0 atom stereocenters. The Morgan fingerprint density at radius 2 is 1.82 bits per heavy atom. The van der Waals surface area contributed by atoms with Crippen molar-refractivity contribution >= 4 is 17.3 Å². The highest BCUT2D eigenvalue weighted by atomic mass is 16.5. The van der Waals surface area contributed by atoms with Gasteiger partial charge in [-0.3, -0.25) is 14.4 Å². The van der Waals surface area contributed by atoms with Crippen LogP contribution in [0.2, 0.25) is 0 Å². The van der Waals surface area contributed by atoms with E-state index < -0.39 is 40.8 Å². The zero-order valence-corrected chi connectivity index (χ0v) is 12.0. The number of ether oxygens (including phenoxy) is 1. The number of Topliss-reactive ketones (excluding diaryl/α,β-unsaturated/α-hetero) is 3. The third-order valence-corrected chi connectivity index (χ3v) is 3.37. The third-order valence-electron chi connectivity index (χ3n) is 3.37. The zero-order chi connectivity index (χ0) is 16.6. The molecule has 3 N–H and O–H groups in total. The lowest BCUT2D eigenvalue weighted by Crippen LogP contribution is -2.25. The number of hydrogen-bond donors (Lipinski definition) is 3. The molecule has 0 radical (unpaired) electrons. The summed E-state index contributed by atoms with van der Waals surface area (Å²) in [5.41, 5.74) is -1.10. The molecule has 0 aromatic heterocycles. The SMILES string of the molecule is COC1=C(CC(C)=O)C(=O)c2c(O)c(CO)cc(O)c2C1=O. The van der Waals surface area contributed by atoms with Gasteiger partial charge in [0.2, 0.25) is 5.78 Å². The molecule has 1 aromatic rings. The van der Waals surface area contributed by atoms with Gasteiger partial charge in [-0.1, -0.05) is 0 Å². The van der Waals surface area contributed by atoms with E-state index in [1.165, 1.54) is 14.0 Å². The molecule has 1 aromatic carbocycles. The molecule has 0 bridgehead atoms. The van der Waals surface area contributed by atoms with Crippen LogP contribution in [0.15, 0.2) is 17.4 Å². The first-order valence-electron chi connectivity index (χ1n) is 6.38. The van der Waals surface area contributed by atoms with Crippen molar-refractivity contribution in [2.75, 3.05) is 7.11 Å². The Kier molecular flexibility index (Phi) is 4.01. The molecule has 0 aliphatic heterocycles. The number of phenolic OH excluding ortho intramolecular Hbond substituents is 1. The number of hydrogen-bond acceptors (Lipinski definition) is 7. The lowest BCUT2D eigenvalue weighted by atomic mass is 9.84. The average molecular weight is 306 g/mol. The van der Waals surface area contributed by atoms with Crippen molar-refractivity contribution < 1.29 is 34.4 Å². The molecule has 0 saturated carbocycles. The normalized spacial score (nSPS) is 14.1. The Bertz CT molecular complexity index is 728. The Hall–Kier alpha value is -2.67. The number of methoxy groups -OCH3 is 1. The largest absolute Gasteiger partial charge is 0.507 e. The summed E-state index contributed by atoms with van der Waals surface area (Å²) in [6, 6.07) is 1.00. The number of aromatic hydroxyl groups is 2. The minimum absolute atomic E-state index is 0.0968. The molecule has 0 spiro atoms. The number of carbonyl (C=O) groups excluding carboxylic acids is 3. The van der Waals surface area contributed by atoms with Crippen molar-refractivity contribution in [2.45, 2.75) is 20.0 Å². The van der Waals surface area contributed by atoms with E-state index in [4.69, 9.17) is 9.84 Å². The Labute approximate surface area is 125 Å². The van der Waals surface area contributed by atoms with E-state index in [0.29, 0.717) is 0 Å². The van der Waals surface area contributed by atoms with E-state index in [0.717, 1.165) is 6.07 Å². The number of aliphatic hydroxyl groups is 1. The molecule has 0 amide bonds. The van der Waals surface area contributed by atoms with Crippen molar-refractivity contribution in [3.05, 3.63) is 34.1 Å². The van der Waals surface area contributed by atoms with Crippen molar-refractivity contribution in [3.8, 4) is 11.5 Å². The summed E-state index contributed by atoms with van der Waals surface area (Å²) in [5.74, 6) is -3.43. The Morgan fingerprint density at radius 1 is 1.18 bits per heavy atom. The molecule has 0 saturated heterocycles. The maximum Gasteiger partial charge on any atom is 0.232 e. The van der Waals surface area contributed by atoms with E-state index >= 15 is 0 Å². The summed E-state index contributed by atoms with van der Waals surface area (Å²) in [6.45, 7) is 0.617. The predicted octanol–water partition coefficient (Wildman–Crippen LogP) is 0.849. The monoisotopic (exact) mass is 306 g/mol. The molecular formula is C15H14O7. The molecule has 1 aliphatic carbocycles. The number of fused-ring (bicyclic) bond motifs is 1. The van der Waals surface area contributed by atoms with Crippen LogP contribution < -0.4 is 0 Å². The van der Waals surface area contributed by atoms with Gasteiger partial charge < -0.3 is 20.1 Å². The standard InChI is InChI=1S/C15H14O7/c1-6(17)3-8-13(20)11-10(14(21)15(8)22-2)9(18)4-7(5-16)12(11)19/h4,16,18-19H,3,5H2,1-2H3. The number of benzene rings is 1. The summed E-state index contributed by atoms with van der Waals surface area (Å²) in [7, 11) is 1.17. The van der Waals surface area contributed by atoms with Crippen molar-refractivity contribution in [2.24, 2.45) is 0 Å². The minimum atomic E-state index is -0.800. The first-order chi connectivity index (χ1) is 10.3. The molecular weight excluding hydrogens is 292 g/mol. The second-order valence-corrected chi connectivity index (χ2v) is 4.86. The lowest BCUT2D eigenvalue weighted by Gasteiger charge is -2.22. The molecule has 7 heteroatoms. The number of carbonyl (C=O) groups is 3. The fourth-order valence-corrected chi connectivity index (χ4v) is 2.41. The van der Waals surface area contributed by atoms with Gasteiger partial charge in [0.15, 0.2) is 11.5 Å². The summed E-state index contributed by atoms with van der Waals surface area (Å²) < 4.78 is 4.91. The van der Waals surface area contributed by atoms with Crippen LogP contribution in [0.1, 0.15) is 39.6 Å². The molecule has 1 aliphatic rings. The molecule has 0 fully saturated rings. The van der Waals surface area contributed by atoms with Gasteiger partial charge in [0, 0.05) is 12.0 Å². The summed E-state index contributed by atoms with van der Waals surface area (Å²) in [5, 5.41) is 29.1. The zero-order valence-electron chi connectivity index (χ0n) is 12.0. The van der Waals surface area contributed by atoms with Gasteiger partial charge in [-0.2, -0.15) is 0 Å². The highest BCUT2D eigenvalue weighted by molar-refractivity contribution is 6.29. The van der Waals surface area contributed by atoms with E-state index in [1.807, 2.05) is 0 Å². The summed E-state index contributed by atoms with van der Waals surface area (Å²) in [4.78, 5) is 36.2. The molecule has 0 unspecified atom stereocenters. The molecule has 0 heterocycles. The van der Waals surface area contributed by atoms with Crippen molar-refractivity contribution in [3.63, 3.8) is 0 Å². The topological polar surface area (TPSA) is 121 Å². The fraction of sp³-hybridized carbons (Fsp3) is 0.267. The second kappa shape index (κ2) is 5.61. The van der Waals surface area contributed by atoms with Crippen molar-refractivity contribution in [1.29, 1.82) is 0 Å². The van der Waals surface area contributed by atoms with E-state index in [1.54, 1.807) is 0 Å². The van der Waals surface area contributed by atoms with Crippen LogP contribution >= 0.6 is 0 Å². The Balaban J connectivity index is 2.78. The fourth-order valence-electron chi connectivity index (χ4n) is 2.41. The van der Waals surface area contributed by atoms with Crippen LogP contribution in [0, 0.1) is 0 Å². The van der Waals surface area contributed by atoms with Gasteiger partial charge in [-0.15, -0.1) is 0 Å². The Morgan fingerprint density at radius 3 is 2.32 bits per heavy atom. The highest BCUT2D eigenvalue weighted by Crippen LogP contribution is 2.40. The maximum atomic E-state index is 12.5. The van der Waals surface area contributed by atoms with E-state index in [2.05, 4.69) is 0 Å². The summed E-state index contributed by atoms with van der Waals surface area (Å²) in [6.07, 6.45) is -0.337. The van der Waals surface area contributed by atoms with Crippen LogP contribution in [0.25, 0.3) is 0 Å². The van der Waals surface area contributed by atoms with Gasteiger partial charge in [-0.25, -0.2) is 0 Å². The van der Waals surface area contributed by atoms with Gasteiger partial charge in [0.1, 0.15) is 17.3 Å². The van der Waals surface area contributed by atoms with Gasteiger partial charge in [0.25, 0.3) is 0 Å². The maximum absolute atomic E-state index is 12.5. The molecule has 7 nitrogen and oxygen atoms in total. The summed E-state index contributed by atoms with van der Waals surface area (Å²) >= 11 is 0. The first-order valence-corrected chi connectivity index (χ1v) is 6.38. The predicted molar refractivity (Wildman–Crippen MR) is 73.7 cm³/mol. The third kappa shape index (κ3) is 2.25. The van der Waals surface area contributed by atoms with Crippen LogP contribution in [-0.2, 0) is 16.1 Å². The number of ketones is 3. The number of phenols is 2. The molecule has 116 valence electrons. The number of rotatable bonds is 4. The quantitative estimate of drug-likeness (QED) is 0.705. The smallest absolute Gasteiger partial charge is 0.232 e. The highest BCUT2D eigenvalue weighted by Gasteiger charge is 2.38. The number of aliphatic hydroxyl groups excluding tert-OH is 1. The van der Waals surface area contributed by atoms with E-state index in [9.17, 15) is 24.6 Å².